The number of nitrogens with zero attached hydrogens (tertiary/aromatic N) is 2. The van der Waals surface area contributed by atoms with Crippen molar-refractivity contribution in [2.75, 3.05) is 54.1 Å². The van der Waals surface area contributed by atoms with Crippen LogP contribution >= 0.6 is 24.0 Å². The summed E-state index contributed by atoms with van der Waals surface area (Å²) in [6.45, 7) is 4.98. The summed E-state index contributed by atoms with van der Waals surface area (Å²) in [5, 5.41) is 7.30. The van der Waals surface area contributed by atoms with Crippen LogP contribution in [0.1, 0.15) is 44.1 Å². The van der Waals surface area contributed by atoms with Crippen molar-refractivity contribution in [1.82, 2.24) is 15.5 Å². The zero-order chi connectivity index (χ0) is 20.5. The topological polar surface area (TPSA) is 58.1 Å². The monoisotopic (exact) mass is 530 g/mol. The van der Waals surface area contributed by atoms with Gasteiger partial charge in [-0.2, -0.15) is 0 Å². The average Bonchev–Trinajstić information content (AvgIpc) is 3.26. The highest BCUT2D eigenvalue weighted by atomic mass is 127. The Labute approximate surface area is 199 Å². The highest BCUT2D eigenvalue weighted by molar-refractivity contribution is 14.0. The van der Waals surface area contributed by atoms with Crippen LogP contribution in [-0.2, 0) is 10.2 Å². The minimum Gasteiger partial charge on any atom is -0.497 e. The molecule has 0 radical (unpaired) electrons. The highest BCUT2D eigenvalue weighted by Crippen LogP contribution is 2.41. The van der Waals surface area contributed by atoms with Crippen LogP contribution in [0.4, 0.5) is 0 Å². The number of rotatable bonds is 8. The molecule has 0 amide bonds. The number of aliphatic imine (C=N–C) groups is 1. The van der Waals surface area contributed by atoms with E-state index in [-0.39, 0.29) is 29.4 Å². The first-order valence-electron chi connectivity index (χ1n) is 11.0. The van der Waals surface area contributed by atoms with Crippen LogP contribution in [0.25, 0.3) is 0 Å². The molecule has 1 aliphatic heterocycles. The summed E-state index contributed by atoms with van der Waals surface area (Å²) in [5.41, 5.74) is 1.54. The summed E-state index contributed by atoms with van der Waals surface area (Å²) in [6, 6.07) is 9.08. The Kier molecular flexibility index (Phi) is 10.7. The molecule has 1 aromatic rings. The predicted molar refractivity (Wildman–Crippen MR) is 134 cm³/mol. The van der Waals surface area contributed by atoms with Crippen LogP contribution < -0.4 is 15.4 Å². The fourth-order valence-corrected chi connectivity index (χ4v) is 4.73. The van der Waals surface area contributed by atoms with Gasteiger partial charge in [-0.25, -0.2) is 0 Å². The van der Waals surface area contributed by atoms with Crippen molar-refractivity contribution in [2.45, 2.75) is 50.0 Å². The number of benzene rings is 1. The molecule has 2 fully saturated rings. The smallest absolute Gasteiger partial charge is 0.191 e. The zero-order valence-corrected chi connectivity index (χ0v) is 21.1. The molecule has 1 aliphatic carbocycles. The molecule has 30 heavy (non-hydrogen) atoms. The standard InChI is InChI=1S/C23H38N4O2.HI/c1-24-22(26-20-9-13-27(14-10-20)15-16-28-2)25-18-23(11-4-5-12-23)19-7-6-8-21(17-19)29-3;/h6-8,17,20H,4-5,9-16,18H2,1-3H3,(H2,24,25,26);1H. The Morgan fingerprint density at radius 1 is 1.20 bits per heavy atom. The van der Waals surface area contributed by atoms with Crippen LogP contribution in [0, 0.1) is 0 Å². The molecule has 0 aromatic heterocycles. The number of nitrogens with one attached hydrogen (secondary N) is 2. The Morgan fingerprint density at radius 3 is 2.57 bits per heavy atom. The number of guanidine groups is 1. The van der Waals surface area contributed by atoms with Crippen LogP contribution in [0.2, 0.25) is 0 Å². The Morgan fingerprint density at radius 2 is 1.93 bits per heavy atom. The third-order valence-electron chi connectivity index (χ3n) is 6.60. The molecule has 0 atom stereocenters. The first-order valence-corrected chi connectivity index (χ1v) is 11.0. The summed E-state index contributed by atoms with van der Waals surface area (Å²) in [7, 11) is 5.38. The number of halogens is 1. The van der Waals surface area contributed by atoms with Crippen LogP contribution in [0.15, 0.2) is 29.3 Å². The fourth-order valence-electron chi connectivity index (χ4n) is 4.73. The number of piperidine rings is 1. The van der Waals surface area contributed by atoms with Crippen LogP contribution in [0.3, 0.4) is 0 Å². The van der Waals surface area contributed by atoms with Gasteiger partial charge in [-0.15, -0.1) is 24.0 Å². The van der Waals surface area contributed by atoms with Gasteiger partial charge in [-0.05, 0) is 43.4 Å². The number of hydrogen-bond acceptors (Lipinski definition) is 4. The molecule has 170 valence electrons. The summed E-state index contributed by atoms with van der Waals surface area (Å²) < 4.78 is 10.7. The van der Waals surface area contributed by atoms with E-state index < -0.39 is 0 Å². The van der Waals surface area contributed by atoms with Crippen molar-refractivity contribution in [3.63, 3.8) is 0 Å². The fraction of sp³-hybridized carbons (Fsp3) is 0.696. The molecule has 2 aliphatic rings. The summed E-state index contributed by atoms with van der Waals surface area (Å²) in [6.07, 6.45) is 7.27. The SMILES string of the molecule is CN=C(NCC1(c2cccc(OC)c2)CCCC1)NC1CCN(CCOC)CC1.I. The van der Waals surface area contributed by atoms with E-state index in [4.69, 9.17) is 9.47 Å². The van der Waals surface area contributed by atoms with E-state index in [2.05, 4.69) is 38.7 Å². The first-order chi connectivity index (χ1) is 14.2. The lowest BCUT2D eigenvalue weighted by Crippen LogP contribution is -2.51. The second-order valence-electron chi connectivity index (χ2n) is 8.40. The molecule has 7 heteroatoms. The summed E-state index contributed by atoms with van der Waals surface area (Å²) in [5.74, 6) is 1.87. The molecule has 0 bridgehead atoms. The van der Waals surface area contributed by atoms with E-state index in [1.807, 2.05) is 13.1 Å². The molecule has 3 rings (SSSR count). The van der Waals surface area contributed by atoms with Crippen molar-refractivity contribution in [3.05, 3.63) is 29.8 Å². The van der Waals surface area contributed by atoms with Gasteiger partial charge >= 0.3 is 0 Å². The van der Waals surface area contributed by atoms with E-state index >= 15 is 0 Å². The van der Waals surface area contributed by atoms with Gasteiger partial charge in [-0.1, -0.05) is 25.0 Å². The van der Waals surface area contributed by atoms with Gasteiger partial charge in [0.2, 0.25) is 0 Å². The minimum absolute atomic E-state index is 0. The van der Waals surface area contributed by atoms with Gasteiger partial charge in [0, 0.05) is 51.8 Å². The molecule has 0 unspecified atom stereocenters. The van der Waals surface area contributed by atoms with Crippen molar-refractivity contribution < 1.29 is 9.47 Å². The lowest BCUT2D eigenvalue weighted by atomic mass is 9.78. The van der Waals surface area contributed by atoms with Crippen molar-refractivity contribution in [2.24, 2.45) is 4.99 Å². The van der Waals surface area contributed by atoms with Crippen molar-refractivity contribution in [1.29, 1.82) is 0 Å². The number of likely N-dealkylation sites (tertiary alicyclic amines) is 1. The quantitative estimate of drug-likeness (QED) is 0.307. The highest BCUT2D eigenvalue weighted by Gasteiger charge is 2.36. The lowest BCUT2D eigenvalue weighted by Gasteiger charge is -2.34. The molecule has 1 saturated heterocycles. The lowest BCUT2D eigenvalue weighted by molar-refractivity contribution is 0.128. The van der Waals surface area contributed by atoms with E-state index in [0.29, 0.717) is 6.04 Å². The molecule has 1 aromatic carbocycles. The second-order valence-corrected chi connectivity index (χ2v) is 8.40. The molecular weight excluding hydrogens is 491 g/mol. The maximum absolute atomic E-state index is 5.47. The van der Waals surface area contributed by atoms with Crippen molar-refractivity contribution in [3.8, 4) is 5.75 Å². The third-order valence-corrected chi connectivity index (χ3v) is 6.60. The van der Waals surface area contributed by atoms with E-state index in [9.17, 15) is 0 Å². The van der Waals surface area contributed by atoms with Crippen molar-refractivity contribution >= 4 is 29.9 Å². The van der Waals surface area contributed by atoms with E-state index in [1.165, 1.54) is 31.2 Å². The Hall–Kier alpha value is -1.06. The Balaban J connectivity index is 0.00000320. The van der Waals surface area contributed by atoms with E-state index in [0.717, 1.165) is 57.3 Å². The van der Waals surface area contributed by atoms with Gasteiger partial charge in [-0.3, -0.25) is 4.99 Å². The van der Waals surface area contributed by atoms with Gasteiger partial charge < -0.3 is 25.0 Å². The summed E-state index contributed by atoms with van der Waals surface area (Å²) in [4.78, 5) is 6.99. The molecular formula is C23H39IN4O2. The summed E-state index contributed by atoms with van der Waals surface area (Å²) >= 11 is 0. The second kappa shape index (κ2) is 12.7. The first kappa shape index (κ1) is 25.2. The molecule has 0 spiro atoms. The van der Waals surface area contributed by atoms with Crippen LogP contribution in [0.5, 0.6) is 5.75 Å². The molecule has 1 heterocycles. The predicted octanol–water partition coefficient (Wildman–Crippen LogP) is 3.40. The molecule has 2 N–H and O–H groups in total. The zero-order valence-electron chi connectivity index (χ0n) is 18.8. The molecule has 6 nitrogen and oxygen atoms in total. The molecule has 1 saturated carbocycles. The number of hydrogen-bond donors (Lipinski definition) is 2. The van der Waals surface area contributed by atoms with Gasteiger partial charge in [0.15, 0.2) is 5.96 Å². The maximum Gasteiger partial charge on any atom is 0.191 e. The Bertz CT molecular complexity index is 656. The van der Waals surface area contributed by atoms with Gasteiger partial charge in [0.1, 0.15) is 5.75 Å². The maximum atomic E-state index is 5.47. The number of ether oxygens (including phenoxy) is 2. The minimum atomic E-state index is 0. The largest absolute Gasteiger partial charge is 0.497 e. The number of methoxy groups -OCH3 is 2. The van der Waals surface area contributed by atoms with Gasteiger partial charge in [0.05, 0.1) is 13.7 Å². The third kappa shape index (κ3) is 6.72. The van der Waals surface area contributed by atoms with E-state index in [1.54, 1.807) is 14.2 Å². The van der Waals surface area contributed by atoms with Gasteiger partial charge in [0.25, 0.3) is 0 Å². The van der Waals surface area contributed by atoms with Crippen LogP contribution in [-0.4, -0.2) is 71.0 Å². The average molecular weight is 530 g/mol. The normalized spacial score (nSPS) is 19.9.